The average Bonchev–Trinajstić information content (AvgIpc) is 2.95. The van der Waals surface area contributed by atoms with Crippen LogP contribution in [0.15, 0.2) is 18.2 Å². The van der Waals surface area contributed by atoms with Crippen molar-refractivity contribution in [2.24, 2.45) is 5.41 Å². The van der Waals surface area contributed by atoms with E-state index in [0.717, 1.165) is 12.2 Å². The number of anilines is 2. The third kappa shape index (κ3) is 2.21. The van der Waals surface area contributed by atoms with Crippen molar-refractivity contribution in [3.05, 3.63) is 23.8 Å². The third-order valence-electron chi connectivity index (χ3n) is 2.99. The smallest absolute Gasteiger partial charge is 0.0992 e. The maximum absolute atomic E-state index is 8.70. The van der Waals surface area contributed by atoms with Gasteiger partial charge in [-0.3, -0.25) is 0 Å². The van der Waals surface area contributed by atoms with Crippen LogP contribution < -0.4 is 11.1 Å². The van der Waals surface area contributed by atoms with E-state index < -0.39 is 0 Å². The molecule has 0 radical (unpaired) electrons. The van der Waals surface area contributed by atoms with Crippen molar-refractivity contribution < 1.29 is 0 Å². The van der Waals surface area contributed by atoms with E-state index in [4.69, 9.17) is 11.0 Å². The number of rotatable bonds is 3. The summed E-state index contributed by atoms with van der Waals surface area (Å²) in [5.41, 5.74) is 8.48. The molecule has 0 heterocycles. The lowest BCUT2D eigenvalue weighted by molar-refractivity contribution is 0.611. The maximum atomic E-state index is 8.70. The predicted octanol–water partition coefficient (Wildman–Crippen LogP) is 2.35. The van der Waals surface area contributed by atoms with E-state index in [1.54, 1.807) is 12.1 Å². The molecule has 3 N–H and O–H groups in total. The van der Waals surface area contributed by atoms with Crippen molar-refractivity contribution >= 4 is 11.4 Å². The van der Waals surface area contributed by atoms with Gasteiger partial charge >= 0.3 is 0 Å². The summed E-state index contributed by atoms with van der Waals surface area (Å²) in [5, 5.41) is 12.0. The van der Waals surface area contributed by atoms with Gasteiger partial charge in [0.05, 0.1) is 23.0 Å². The molecule has 3 nitrogen and oxygen atoms in total. The highest BCUT2D eigenvalue weighted by Gasteiger charge is 2.36. The van der Waals surface area contributed by atoms with E-state index in [0.29, 0.717) is 16.7 Å². The Kier molecular flexibility index (Phi) is 2.28. The van der Waals surface area contributed by atoms with Gasteiger partial charge in [0.1, 0.15) is 0 Å². The van der Waals surface area contributed by atoms with Crippen LogP contribution in [-0.2, 0) is 0 Å². The molecule has 1 fully saturated rings. The van der Waals surface area contributed by atoms with Gasteiger partial charge in [0.15, 0.2) is 0 Å². The van der Waals surface area contributed by atoms with Crippen LogP contribution in [0.25, 0.3) is 0 Å². The van der Waals surface area contributed by atoms with E-state index in [1.165, 1.54) is 12.8 Å². The Hall–Kier alpha value is -1.69. The maximum Gasteiger partial charge on any atom is 0.0992 e. The largest absolute Gasteiger partial charge is 0.397 e. The number of benzene rings is 1. The van der Waals surface area contributed by atoms with E-state index in [9.17, 15) is 0 Å². The Morgan fingerprint density at radius 3 is 2.80 bits per heavy atom. The number of nitriles is 1. The molecule has 0 saturated heterocycles. The summed E-state index contributed by atoms with van der Waals surface area (Å²) in [5.74, 6) is 0. The highest BCUT2D eigenvalue weighted by atomic mass is 14.9. The van der Waals surface area contributed by atoms with E-state index in [1.807, 2.05) is 6.07 Å². The number of nitrogens with zero attached hydrogens (tertiary/aromatic N) is 1. The molecule has 1 aromatic carbocycles. The Morgan fingerprint density at radius 1 is 1.53 bits per heavy atom. The SMILES string of the molecule is CC1(CNc2ccc(C#N)cc2N)CC1. The highest BCUT2D eigenvalue weighted by molar-refractivity contribution is 5.68. The first-order valence-electron chi connectivity index (χ1n) is 5.16. The van der Waals surface area contributed by atoms with Crippen molar-refractivity contribution in [3.63, 3.8) is 0 Å². The molecule has 15 heavy (non-hydrogen) atoms. The standard InChI is InChI=1S/C12H15N3/c1-12(4-5-12)8-15-11-3-2-9(7-13)6-10(11)14/h2-3,6,15H,4-5,8,14H2,1H3. The lowest BCUT2D eigenvalue weighted by Crippen LogP contribution is -2.12. The molecule has 1 aliphatic rings. The van der Waals surface area contributed by atoms with Crippen molar-refractivity contribution in [2.45, 2.75) is 19.8 Å². The van der Waals surface area contributed by atoms with Crippen molar-refractivity contribution in [2.75, 3.05) is 17.6 Å². The molecule has 1 aliphatic carbocycles. The van der Waals surface area contributed by atoms with E-state index in [2.05, 4.69) is 18.3 Å². The Bertz CT molecular complexity index is 413. The van der Waals surface area contributed by atoms with Gasteiger partial charge in [-0.05, 0) is 36.5 Å². The zero-order valence-corrected chi connectivity index (χ0v) is 8.88. The summed E-state index contributed by atoms with van der Waals surface area (Å²) >= 11 is 0. The molecular formula is C12H15N3. The summed E-state index contributed by atoms with van der Waals surface area (Å²) < 4.78 is 0. The van der Waals surface area contributed by atoms with Crippen LogP contribution in [0.2, 0.25) is 0 Å². The number of nitrogen functional groups attached to an aromatic ring is 1. The van der Waals surface area contributed by atoms with Crippen LogP contribution in [0, 0.1) is 16.7 Å². The zero-order chi connectivity index (χ0) is 10.9. The molecule has 3 heteroatoms. The molecule has 0 aromatic heterocycles. The summed E-state index contributed by atoms with van der Waals surface area (Å²) in [4.78, 5) is 0. The molecule has 1 saturated carbocycles. The predicted molar refractivity (Wildman–Crippen MR) is 61.4 cm³/mol. The van der Waals surface area contributed by atoms with E-state index in [-0.39, 0.29) is 0 Å². The first-order chi connectivity index (χ1) is 7.13. The molecule has 0 aliphatic heterocycles. The molecule has 1 aromatic rings. The quantitative estimate of drug-likeness (QED) is 0.738. The summed E-state index contributed by atoms with van der Waals surface area (Å²) in [6.45, 7) is 3.23. The molecule has 0 spiro atoms. The van der Waals surface area contributed by atoms with Gasteiger partial charge in [0.2, 0.25) is 0 Å². The van der Waals surface area contributed by atoms with Gasteiger partial charge in [-0.2, -0.15) is 5.26 Å². The zero-order valence-electron chi connectivity index (χ0n) is 8.88. The van der Waals surface area contributed by atoms with E-state index >= 15 is 0 Å². The second-order valence-corrected chi connectivity index (χ2v) is 4.58. The van der Waals surface area contributed by atoms with Gasteiger partial charge in [-0.25, -0.2) is 0 Å². The van der Waals surface area contributed by atoms with Crippen LogP contribution in [0.1, 0.15) is 25.3 Å². The molecule has 0 unspecified atom stereocenters. The fourth-order valence-electron chi connectivity index (χ4n) is 1.49. The molecule has 0 atom stereocenters. The highest BCUT2D eigenvalue weighted by Crippen LogP contribution is 2.44. The number of nitrogens with one attached hydrogen (secondary N) is 1. The van der Waals surface area contributed by atoms with Crippen LogP contribution in [0.3, 0.4) is 0 Å². The first kappa shape index (κ1) is 9.85. The minimum absolute atomic E-state index is 0.459. The van der Waals surface area contributed by atoms with Crippen LogP contribution >= 0.6 is 0 Å². The minimum Gasteiger partial charge on any atom is -0.397 e. The van der Waals surface area contributed by atoms with Crippen molar-refractivity contribution in [1.82, 2.24) is 0 Å². The second-order valence-electron chi connectivity index (χ2n) is 4.58. The van der Waals surface area contributed by atoms with Crippen LogP contribution in [-0.4, -0.2) is 6.54 Å². The van der Waals surface area contributed by atoms with Crippen molar-refractivity contribution in [1.29, 1.82) is 5.26 Å². The Labute approximate surface area is 89.9 Å². The Balaban J connectivity index is 2.05. The summed E-state index contributed by atoms with van der Waals surface area (Å²) in [7, 11) is 0. The van der Waals surface area contributed by atoms with Crippen molar-refractivity contribution in [3.8, 4) is 6.07 Å². The third-order valence-corrected chi connectivity index (χ3v) is 2.99. The summed E-state index contributed by atoms with van der Waals surface area (Å²) in [6, 6.07) is 7.44. The normalized spacial score (nSPS) is 16.8. The average molecular weight is 201 g/mol. The van der Waals surface area contributed by atoms with Gasteiger partial charge in [-0.1, -0.05) is 6.92 Å². The van der Waals surface area contributed by atoms with Gasteiger partial charge in [0, 0.05) is 6.54 Å². The topological polar surface area (TPSA) is 61.8 Å². The molecule has 0 bridgehead atoms. The minimum atomic E-state index is 0.459. The lowest BCUT2D eigenvalue weighted by atomic mass is 10.1. The first-order valence-corrected chi connectivity index (χ1v) is 5.16. The number of hydrogen-bond acceptors (Lipinski definition) is 3. The molecule has 2 rings (SSSR count). The van der Waals surface area contributed by atoms with Crippen LogP contribution in [0.5, 0.6) is 0 Å². The van der Waals surface area contributed by atoms with Gasteiger partial charge in [0.25, 0.3) is 0 Å². The number of hydrogen-bond donors (Lipinski definition) is 2. The second kappa shape index (κ2) is 3.47. The fourth-order valence-corrected chi connectivity index (χ4v) is 1.49. The lowest BCUT2D eigenvalue weighted by Gasteiger charge is -2.13. The molecular weight excluding hydrogens is 186 g/mol. The van der Waals surface area contributed by atoms with Gasteiger partial charge in [-0.15, -0.1) is 0 Å². The number of nitrogens with two attached hydrogens (primary N) is 1. The molecule has 78 valence electrons. The Morgan fingerprint density at radius 2 is 2.27 bits per heavy atom. The molecule has 0 amide bonds. The fraction of sp³-hybridized carbons (Fsp3) is 0.417. The monoisotopic (exact) mass is 201 g/mol. The van der Waals surface area contributed by atoms with Gasteiger partial charge < -0.3 is 11.1 Å². The van der Waals surface area contributed by atoms with Crippen LogP contribution in [0.4, 0.5) is 11.4 Å². The summed E-state index contributed by atoms with van der Waals surface area (Å²) in [6.07, 6.45) is 2.58.